The molecular weight excluding hydrogens is 196 g/mol. The van der Waals surface area contributed by atoms with E-state index in [1.807, 2.05) is 30.3 Å². The van der Waals surface area contributed by atoms with E-state index in [-0.39, 0.29) is 0 Å². The van der Waals surface area contributed by atoms with Gasteiger partial charge in [-0.2, -0.15) is 0 Å². The lowest BCUT2D eigenvalue weighted by Crippen LogP contribution is -2.41. The van der Waals surface area contributed by atoms with Crippen LogP contribution in [0.1, 0.15) is 32.3 Å². The molecule has 1 aliphatic heterocycles. The molecule has 0 saturated carbocycles. The molecule has 86 valence electrons. The second kappa shape index (κ2) is 4.28. The van der Waals surface area contributed by atoms with E-state index in [0.29, 0.717) is 11.3 Å². The number of piperidine rings is 1. The first-order chi connectivity index (χ1) is 7.58. The minimum absolute atomic E-state index is 0.452. The molecule has 1 aliphatic rings. The Morgan fingerprint density at radius 2 is 1.69 bits per heavy atom. The summed E-state index contributed by atoms with van der Waals surface area (Å²) < 4.78 is 0. The Balaban J connectivity index is 2.03. The maximum Gasteiger partial charge on any atom is 0.128 e. The molecule has 0 spiro atoms. The van der Waals surface area contributed by atoms with Gasteiger partial charge in [0, 0.05) is 18.7 Å². The summed E-state index contributed by atoms with van der Waals surface area (Å²) in [6, 6.07) is 10.0. The van der Waals surface area contributed by atoms with Gasteiger partial charge in [0.25, 0.3) is 0 Å². The van der Waals surface area contributed by atoms with E-state index in [2.05, 4.69) is 18.7 Å². The number of hydrogen-bond donors (Lipinski definition) is 1. The maximum absolute atomic E-state index is 8.18. The molecule has 1 aromatic carbocycles. The Morgan fingerprint density at radius 1 is 1.12 bits per heavy atom. The second-order valence-corrected chi connectivity index (χ2v) is 5.37. The lowest BCUT2D eigenvalue weighted by molar-refractivity contribution is 0.188. The van der Waals surface area contributed by atoms with Crippen molar-refractivity contribution in [3.05, 3.63) is 35.9 Å². The van der Waals surface area contributed by atoms with Gasteiger partial charge in [-0.25, -0.2) is 0 Å². The molecule has 16 heavy (non-hydrogen) atoms. The topological polar surface area (TPSA) is 27.1 Å². The lowest BCUT2D eigenvalue weighted by Gasteiger charge is -2.38. The standard InChI is InChI=1S/C14H20N2/c1-14(2)8-10-16(11-9-14)13(15)12-6-4-3-5-7-12/h3-7,15H,8-11H2,1-2H3. The molecule has 0 aromatic heterocycles. The van der Waals surface area contributed by atoms with E-state index < -0.39 is 0 Å². The van der Waals surface area contributed by atoms with Crippen LogP contribution < -0.4 is 0 Å². The van der Waals surface area contributed by atoms with Crippen LogP contribution in [0.25, 0.3) is 0 Å². The van der Waals surface area contributed by atoms with Gasteiger partial charge in [-0.3, -0.25) is 5.41 Å². The molecule has 2 heteroatoms. The van der Waals surface area contributed by atoms with E-state index in [4.69, 9.17) is 5.41 Å². The summed E-state index contributed by atoms with van der Waals surface area (Å²) in [6.07, 6.45) is 2.37. The monoisotopic (exact) mass is 216 g/mol. The zero-order valence-electron chi connectivity index (χ0n) is 10.2. The highest BCUT2D eigenvalue weighted by molar-refractivity contribution is 5.96. The van der Waals surface area contributed by atoms with Gasteiger partial charge < -0.3 is 4.90 Å². The quantitative estimate of drug-likeness (QED) is 0.566. The Morgan fingerprint density at radius 3 is 2.25 bits per heavy atom. The Labute approximate surface area is 97.8 Å². The average molecular weight is 216 g/mol. The number of amidine groups is 1. The van der Waals surface area contributed by atoms with Gasteiger partial charge in [0.15, 0.2) is 0 Å². The number of rotatable bonds is 1. The normalized spacial score (nSPS) is 19.5. The molecule has 2 rings (SSSR count). The first-order valence-corrected chi connectivity index (χ1v) is 5.97. The van der Waals surface area contributed by atoms with Crippen molar-refractivity contribution in [3.63, 3.8) is 0 Å². The summed E-state index contributed by atoms with van der Waals surface area (Å²) >= 11 is 0. The molecule has 0 unspecified atom stereocenters. The largest absolute Gasteiger partial charge is 0.357 e. The van der Waals surface area contributed by atoms with Crippen LogP contribution in [-0.2, 0) is 0 Å². The van der Waals surface area contributed by atoms with Gasteiger partial charge in [0.05, 0.1) is 0 Å². The fourth-order valence-electron chi connectivity index (χ4n) is 2.11. The molecule has 0 amide bonds. The SMILES string of the molecule is CC1(C)CCN(C(=N)c2ccccc2)CC1. The Kier molecular flexibility index (Phi) is 2.99. The van der Waals surface area contributed by atoms with Crippen molar-refractivity contribution in [2.24, 2.45) is 5.41 Å². The Hall–Kier alpha value is -1.31. The summed E-state index contributed by atoms with van der Waals surface area (Å²) in [5.74, 6) is 0.677. The third kappa shape index (κ3) is 2.43. The van der Waals surface area contributed by atoms with Gasteiger partial charge in [-0.15, -0.1) is 0 Å². The zero-order chi connectivity index (χ0) is 11.6. The van der Waals surface area contributed by atoms with Crippen LogP contribution >= 0.6 is 0 Å². The highest BCUT2D eigenvalue weighted by Crippen LogP contribution is 2.30. The van der Waals surface area contributed by atoms with Crippen molar-refractivity contribution in [2.75, 3.05) is 13.1 Å². The van der Waals surface area contributed by atoms with Crippen molar-refractivity contribution >= 4 is 5.84 Å². The van der Waals surface area contributed by atoms with Crippen molar-refractivity contribution in [1.82, 2.24) is 4.90 Å². The predicted molar refractivity (Wildman–Crippen MR) is 67.9 cm³/mol. The first kappa shape index (κ1) is 11.2. The van der Waals surface area contributed by atoms with E-state index in [9.17, 15) is 0 Å². The summed E-state index contributed by atoms with van der Waals surface area (Å²) in [5.41, 5.74) is 1.48. The summed E-state index contributed by atoms with van der Waals surface area (Å²) in [6.45, 7) is 6.66. The van der Waals surface area contributed by atoms with Crippen LogP contribution in [0.15, 0.2) is 30.3 Å². The Bertz CT molecular complexity index is 358. The number of nitrogens with zero attached hydrogens (tertiary/aromatic N) is 1. The van der Waals surface area contributed by atoms with E-state index in [1.165, 1.54) is 12.8 Å². The molecular formula is C14H20N2. The predicted octanol–water partition coefficient (Wildman–Crippen LogP) is 3.13. The van der Waals surface area contributed by atoms with Crippen molar-refractivity contribution in [1.29, 1.82) is 5.41 Å². The second-order valence-electron chi connectivity index (χ2n) is 5.37. The number of nitrogens with one attached hydrogen (secondary N) is 1. The third-order valence-electron chi connectivity index (χ3n) is 3.48. The summed E-state index contributed by atoms with van der Waals surface area (Å²) in [4.78, 5) is 2.20. The van der Waals surface area contributed by atoms with Crippen LogP contribution in [0, 0.1) is 10.8 Å². The lowest BCUT2D eigenvalue weighted by atomic mass is 9.82. The number of likely N-dealkylation sites (tertiary alicyclic amines) is 1. The molecule has 0 atom stereocenters. The van der Waals surface area contributed by atoms with Gasteiger partial charge >= 0.3 is 0 Å². The first-order valence-electron chi connectivity index (χ1n) is 5.97. The van der Waals surface area contributed by atoms with Gasteiger partial charge in [-0.1, -0.05) is 44.2 Å². The molecule has 0 aliphatic carbocycles. The van der Waals surface area contributed by atoms with Gasteiger partial charge in [0.1, 0.15) is 5.84 Å². The highest BCUT2D eigenvalue weighted by atomic mass is 15.2. The van der Waals surface area contributed by atoms with E-state index in [1.54, 1.807) is 0 Å². The van der Waals surface area contributed by atoms with Crippen LogP contribution in [0.4, 0.5) is 0 Å². The summed E-state index contributed by atoms with van der Waals surface area (Å²) in [5, 5.41) is 8.18. The van der Waals surface area contributed by atoms with Crippen molar-refractivity contribution in [2.45, 2.75) is 26.7 Å². The number of hydrogen-bond acceptors (Lipinski definition) is 1. The highest BCUT2D eigenvalue weighted by Gasteiger charge is 2.26. The van der Waals surface area contributed by atoms with Gasteiger partial charge in [-0.05, 0) is 18.3 Å². The molecule has 1 saturated heterocycles. The maximum atomic E-state index is 8.18. The van der Waals surface area contributed by atoms with Crippen molar-refractivity contribution in [3.8, 4) is 0 Å². The average Bonchev–Trinajstić information content (AvgIpc) is 2.29. The van der Waals surface area contributed by atoms with Crippen LogP contribution in [0.3, 0.4) is 0 Å². The minimum Gasteiger partial charge on any atom is -0.357 e. The fraction of sp³-hybridized carbons (Fsp3) is 0.500. The molecule has 1 heterocycles. The fourth-order valence-corrected chi connectivity index (χ4v) is 2.11. The molecule has 1 N–H and O–H groups in total. The molecule has 1 aromatic rings. The van der Waals surface area contributed by atoms with Crippen molar-refractivity contribution < 1.29 is 0 Å². The smallest absolute Gasteiger partial charge is 0.128 e. The van der Waals surface area contributed by atoms with Gasteiger partial charge in [0.2, 0.25) is 0 Å². The molecule has 0 bridgehead atoms. The van der Waals surface area contributed by atoms with Crippen LogP contribution in [0.5, 0.6) is 0 Å². The summed E-state index contributed by atoms with van der Waals surface area (Å²) in [7, 11) is 0. The minimum atomic E-state index is 0.452. The molecule has 0 radical (unpaired) electrons. The molecule has 2 nitrogen and oxygen atoms in total. The van der Waals surface area contributed by atoms with Crippen LogP contribution in [-0.4, -0.2) is 23.8 Å². The number of benzene rings is 1. The third-order valence-corrected chi connectivity index (χ3v) is 3.48. The zero-order valence-corrected chi connectivity index (χ0v) is 10.2. The van der Waals surface area contributed by atoms with E-state index in [0.717, 1.165) is 18.7 Å². The molecule has 1 fully saturated rings. The van der Waals surface area contributed by atoms with E-state index >= 15 is 0 Å². The van der Waals surface area contributed by atoms with Crippen LogP contribution in [0.2, 0.25) is 0 Å².